The molecular weight excluding hydrogens is 286 g/mol. The van der Waals surface area contributed by atoms with Crippen molar-refractivity contribution in [3.05, 3.63) is 33.3 Å². The van der Waals surface area contributed by atoms with Crippen LogP contribution in [0, 0.1) is 5.92 Å². The second kappa shape index (κ2) is 6.63. The molecule has 1 aromatic rings. The van der Waals surface area contributed by atoms with Crippen LogP contribution in [-0.2, 0) is 0 Å². The minimum Gasteiger partial charge on any atom is -0.324 e. The highest BCUT2D eigenvalue weighted by Gasteiger charge is 2.10. The van der Waals surface area contributed by atoms with E-state index in [-0.39, 0.29) is 6.04 Å². The zero-order valence-corrected chi connectivity index (χ0v) is 12.2. The molecule has 0 aliphatic carbocycles. The molecule has 16 heavy (non-hydrogen) atoms. The highest BCUT2D eigenvalue weighted by atomic mass is 79.9. The zero-order chi connectivity index (χ0) is 12.1. The molecule has 1 rings (SSSR count). The second-order valence-electron chi connectivity index (χ2n) is 4.60. The van der Waals surface area contributed by atoms with Crippen LogP contribution in [0.25, 0.3) is 0 Å². The van der Waals surface area contributed by atoms with Crippen LogP contribution in [0.5, 0.6) is 0 Å². The molecule has 0 bridgehead atoms. The first-order valence-corrected chi connectivity index (χ1v) is 6.88. The molecule has 0 aromatic heterocycles. The van der Waals surface area contributed by atoms with E-state index in [0.29, 0.717) is 0 Å². The summed E-state index contributed by atoms with van der Waals surface area (Å²) in [6, 6.07) is 5.89. The molecular formula is C13H19BrClN. The summed E-state index contributed by atoms with van der Waals surface area (Å²) in [5, 5.41) is 0.764. The van der Waals surface area contributed by atoms with Crippen molar-refractivity contribution in [2.75, 3.05) is 0 Å². The lowest BCUT2D eigenvalue weighted by Gasteiger charge is -2.14. The van der Waals surface area contributed by atoms with Crippen LogP contribution in [0.1, 0.15) is 44.7 Å². The first kappa shape index (κ1) is 14.0. The van der Waals surface area contributed by atoms with Crippen LogP contribution in [0.4, 0.5) is 0 Å². The normalized spacial score (nSPS) is 13.1. The third-order valence-corrected chi connectivity index (χ3v) is 3.49. The minimum absolute atomic E-state index is 0.0451. The Labute approximate surface area is 111 Å². The molecule has 1 unspecified atom stereocenters. The van der Waals surface area contributed by atoms with Crippen molar-refractivity contribution in [2.24, 2.45) is 11.7 Å². The summed E-state index contributed by atoms with van der Waals surface area (Å²) in [5.41, 5.74) is 7.19. The van der Waals surface area contributed by atoms with Gasteiger partial charge in [-0.2, -0.15) is 0 Å². The molecule has 0 aliphatic heterocycles. The number of benzene rings is 1. The molecule has 0 saturated carbocycles. The van der Waals surface area contributed by atoms with Crippen molar-refractivity contribution in [3.8, 4) is 0 Å². The summed E-state index contributed by atoms with van der Waals surface area (Å²) in [4.78, 5) is 0. The second-order valence-corrected chi connectivity index (χ2v) is 5.92. The van der Waals surface area contributed by atoms with Gasteiger partial charge in [-0.05, 0) is 36.1 Å². The lowest BCUT2D eigenvalue weighted by molar-refractivity contribution is 0.505. The summed E-state index contributed by atoms with van der Waals surface area (Å²) in [6.45, 7) is 4.47. The fourth-order valence-corrected chi connectivity index (χ4v) is 2.34. The SMILES string of the molecule is CC(C)CCCC(N)c1cc(Br)ccc1Cl. The Balaban J connectivity index is 2.58. The van der Waals surface area contributed by atoms with Crippen molar-refractivity contribution in [3.63, 3.8) is 0 Å². The van der Waals surface area contributed by atoms with E-state index in [2.05, 4.69) is 29.8 Å². The van der Waals surface area contributed by atoms with Gasteiger partial charge in [0.2, 0.25) is 0 Å². The van der Waals surface area contributed by atoms with E-state index in [0.717, 1.165) is 33.8 Å². The predicted molar refractivity (Wildman–Crippen MR) is 74.8 cm³/mol. The first-order valence-electron chi connectivity index (χ1n) is 5.71. The first-order chi connectivity index (χ1) is 7.50. The molecule has 0 fully saturated rings. The Bertz CT molecular complexity index is 339. The topological polar surface area (TPSA) is 26.0 Å². The van der Waals surface area contributed by atoms with Crippen molar-refractivity contribution >= 4 is 27.5 Å². The molecule has 3 heteroatoms. The molecule has 0 amide bonds. The van der Waals surface area contributed by atoms with E-state index >= 15 is 0 Å². The van der Waals surface area contributed by atoms with Gasteiger partial charge >= 0.3 is 0 Å². The summed E-state index contributed by atoms with van der Waals surface area (Å²) >= 11 is 9.57. The van der Waals surface area contributed by atoms with Crippen LogP contribution in [-0.4, -0.2) is 0 Å². The molecule has 0 heterocycles. The Morgan fingerprint density at radius 3 is 2.62 bits per heavy atom. The number of halogens is 2. The minimum atomic E-state index is 0.0451. The lowest BCUT2D eigenvalue weighted by Crippen LogP contribution is -2.11. The summed E-state index contributed by atoms with van der Waals surface area (Å²) in [6.07, 6.45) is 3.37. The zero-order valence-electron chi connectivity index (χ0n) is 9.84. The highest BCUT2D eigenvalue weighted by Crippen LogP contribution is 2.28. The molecule has 0 radical (unpaired) electrons. The van der Waals surface area contributed by atoms with Crippen LogP contribution in [0.15, 0.2) is 22.7 Å². The molecule has 1 atom stereocenters. The van der Waals surface area contributed by atoms with Crippen LogP contribution >= 0.6 is 27.5 Å². The molecule has 0 saturated heterocycles. The molecule has 0 aliphatic rings. The van der Waals surface area contributed by atoms with E-state index in [9.17, 15) is 0 Å². The Hall–Kier alpha value is -0.0500. The largest absolute Gasteiger partial charge is 0.324 e. The average Bonchev–Trinajstić information content (AvgIpc) is 2.21. The number of rotatable bonds is 5. The Kier molecular flexibility index (Phi) is 5.81. The van der Waals surface area contributed by atoms with Gasteiger partial charge in [0.1, 0.15) is 0 Å². The van der Waals surface area contributed by atoms with Gasteiger partial charge in [0, 0.05) is 15.5 Å². The van der Waals surface area contributed by atoms with Gasteiger partial charge < -0.3 is 5.73 Å². The van der Waals surface area contributed by atoms with Gasteiger partial charge in [-0.25, -0.2) is 0 Å². The monoisotopic (exact) mass is 303 g/mol. The quantitative estimate of drug-likeness (QED) is 0.820. The third kappa shape index (κ3) is 4.44. The maximum atomic E-state index is 6.15. The van der Waals surface area contributed by atoms with Crippen molar-refractivity contribution in [1.29, 1.82) is 0 Å². The molecule has 1 aromatic carbocycles. The maximum Gasteiger partial charge on any atom is 0.0454 e. The van der Waals surface area contributed by atoms with Gasteiger partial charge in [0.25, 0.3) is 0 Å². The van der Waals surface area contributed by atoms with Crippen LogP contribution < -0.4 is 5.73 Å². The number of nitrogens with two attached hydrogens (primary N) is 1. The van der Waals surface area contributed by atoms with Gasteiger partial charge in [-0.1, -0.05) is 54.2 Å². The molecule has 2 N–H and O–H groups in total. The molecule has 0 spiro atoms. The van der Waals surface area contributed by atoms with Crippen molar-refractivity contribution in [2.45, 2.75) is 39.2 Å². The molecule has 1 nitrogen and oxygen atoms in total. The highest BCUT2D eigenvalue weighted by molar-refractivity contribution is 9.10. The predicted octanol–water partition coefficient (Wildman–Crippen LogP) is 4.93. The van der Waals surface area contributed by atoms with Crippen molar-refractivity contribution in [1.82, 2.24) is 0 Å². The number of hydrogen-bond donors (Lipinski definition) is 1. The summed E-state index contributed by atoms with van der Waals surface area (Å²) < 4.78 is 1.03. The smallest absolute Gasteiger partial charge is 0.0454 e. The fraction of sp³-hybridized carbons (Fsp3) is 0.538. The van der Waals surface area contributed by atoms with Gasteiger partial charge in [-0.3, -0.25) is 0 Å². The summed E-state index contributed by atoms with van der Waals surface area (Å²) in [5.74, 6) is 0.741. The van der Waals surface area contributed by atoms with E-state index in [1.165, 1.54) is 6.42 Å². The van der Waals surface area contributed by atoms with E-state index in [4.69, 9.17) is 17.3 Å². The van der Waals surface area contributed by atoms with Gasteiger partial charge in [0.05, 0.1) is 0 Å². The Morgan fingerprint density at radius 1 is 1.31 bits per heavy atom. The third-order valence-electron chi connectivity index (χ3n) is 2.65. The van der Waals surface area contributed by atoms with Gasteiger partial charge in [-0.15, -0.1) is 0 Å². The van der Waals surface area contributed by atoms with E-state index < -0.39 is 0 Å². The standard InChI is InChI=1S/C13H19BrClN/c1-9(2)4-3-5-13(16)11-8-10(14)6-7-12(11)15/h6-9,13H,3-5,16H2,1-2H3. The van der Waals surface area contributed by atoms with Gasteiger partial charge in [0.15, 0.2) is 0 Å². The molecule has 90 valence electrons. The van der Waals surface area contributed by atoms with Crippen LogP contribution in [0.3, 0.4) is 0 Å². The number of hydrogen-bond acceptors (Lipinski definition) is 1. The van der Waals surface area contributed by atoms with Crippen LogP contribution in [0.2, 0.25) is 5.02 Å². The fourth-order valence-electron chi connectivity index (χ4n) is 1.70. The maximum absolute atomic E-state index is 6.15. The average molecular weight is 305 g/mol. The van der Waals surface area contributed by atoms with E-state index in [1.54, 1.807) is 0 Å². The van der Waals surface area contributed by atoms with E-state index in [1.807, 2.05) is 18.2 Å². The van der Waals surface area contributed by atoms with Crippen molar-refractivity contribution < 1.29 is 0 Å². The Morgan fingerprint density at radius 2 is 2.00 bits per heavy atom. The summed E-state index contributed by atoms with van der Waals surface area (Å²) in [7, 11) is 0. The lowest BCUT2D eigenvalue weighted by atomic mass is 9.99.